The summed E-state index contributed by atoms with van der Waals surface area (Å²) in [6.07, 6.45) is 0. The average molecular weight is 252 g/mol. The number of hydrogen-bond donors (Lipinski definition) is 2. The highest BCUT2D eigenvalue weighted by atomic mass is 32.2. The fourth-order valence-corrected chi connectivity index (χ4v) is 2.24. The smallest absolute Gasteiger partial charge is 0.296 e. The van der Waals surface area contributed by atoms with Gasteiger partial charge < -0.3 is 0 Å². The second kappa shape index (κ2) is 3.45. The van der Waals surface area contributed by atoms with Crippen molar-refractivity contribution in [3.8, 4) is 0 Å². The number of hydrogen-bond acceptors (Lipinski definition) is 4. The maximum absolute atomic E-state index is 10.7. The summed E-state index contributed by atoms with van der Waals surface area (Å²) in [5, 5.41) is 0. The summed E-state index contributed by atoms with van der Waals surface area (Å²) < 4.78 is 60.0. The van der Waals surface area contributed by atoms with Crippen LogP contribution < -0.4 is 5.73 Å². The molecule has 0 unspecified atom stereocenters. The first kappa shape index (κ1) is 11.9. The lowest BCUT2D eigenvalue weighted by Gasteiger charge is -2.04. The van der Waals surface area contributed by atoms with Crippen molar-refractivity contribution in [3.63, 3.8) is 0 Å². The number of nitrogens with one attached hydrogen (secondary N) is 1. The van der Waals surface area contributed by atoms with Gasteiger partial charge in [0.2, 0.25) is 0 Å². The molecule has 1 aromatic carbocycles. The van der Waals surface area contributed by atoms with Crippen molar-refractivity contribution >= 4 is 25.9 Å². The summed E-state index contributed by atoms with van der Waals surface area (Å²) in [5.74, 6) is 0. The van der Waals surface area contributed by atoms with Gasteiger partial charge >= 0.3 is 0 Å². The monoisotopic (exact) mass is 252 g/mol. The molecule has 0 heterocycles. The van der Waals surface area contributed by atoms with Gasteiger partial charge in [0.1, 0.15) is 9.79 Å². The van der Waals surface area contributed by atoms with Crippen LogP contribution in [0.1, 0.15) is 0 Å². The van der Waals surface area contributed by atoms with E-state index >= 15 is 0 Å². The highest BCUT2D eigenvalue weighted by Crippen LogP contribution is 2.26. The van der Waals surface area contributed by atoms with E-state index in [-0.39, 0.29) is 0 Å². The molecular weight excluding hydrogens is 246 g/mol. The average Bonchev–Trinajstić information content (AvgIpc) is 1.99. The van der Waals surface area contributed by atoms with Crippen LogP contribution in [0.25, 0.3) is 0 Å². The third-order valence-corrected chi connectivity index (χ3v) is 3.34. The number of rotatable bonds is 2. The van der Waals surface area contributed by atoms with Crippen LogP contribution in [-0.2, 0) is 20.2 Å². The van der Waals surface area contributed by atoms with Crippen molar-refractivity contribution in [2.45, 2.75) is 9.79 Å². The molecule has 15 heavy (non-hydrogen) atoms. The van der Waals surface area contributed by atoms with E-state index in [9.17, 15) is 16.8 Å². The molecule has 1 rings (SSSR count). The Kier molecular flexibility index (Phi) is 2.74. The van der Waals surface area contributed by atoms with Crippen molar-refractivity contribution in [3.05, 3.63) is 18.2 Å². The van der Waals surface area contributed by atoms with Gasteiger partial charge in [0, 0.05) is 0 Å². The Morgan fingerprint density at radius 2 is 1.27 bits per heavy atom. The predicted molar refractivity (Wildman–Crippen MR) is 48.8 cm³/mol. The molecule has 0 aliphatic rings. The zero-order valence-electron chi connectivity index (χ0n) is 7.08. The van der Waals surface area contributed by atoms with E-state index in [0.29, 0.717) is 0 Å². The van der Waals surface area contributed by atoms with Gasteiger partial charge in [0.25, 0.3) is 20.2 Å². The molecule has 0 aromatic heterocycles. The Bertz CT molecular complexity index is 538. The lowest BCUT2D eigenvalue weighted by molar-refractivity contribution is 0.481. The second-order valence-corrected chi connectivity index (χ2v) is 5.36. The maximum Gasteiger partial charge on any atom is 0.296 e. The standard InChI is InChI=1S/C6H6NO6S2/c7-6-4(14(8,9)10)2-1-3-5(6)15(11,12)13/h1-3,7H,(H,8,9,10)(H,11,12,13). The lowest BCUT2D eigenvalue weighted by Crippen LogP contribution is -2.05. The van der Waals surface area contributed by atoms with Gasteiger partial charge in [-0.3, -0.25) is 14.8 Å². The zero-order valence-corrected chi connectivity index (χ0v) is 8.71. The Labute approximate surface area is 86.0 Å². The molecule has 3 N–H and O–H groups in total. The molecule has 0 saturated heterocycles. The van der Waals surface area contributed by atoms with Crippen LogP contribution in [-0.4, -0.2) is 25.9 Å². The number of benzene rings is 1. The molecule has 0 atom stereocenters. The topological polar surface area (TPSA) is 133 Å². The van der Waals surface area contributed by atoms with Gasteiger partial charge in [-0.25, -0.2) is 0 Å². The second-order valence-electron chi connectivity index (χ2n) is 2.58. The van der Waals surface area contributed by atoms with Gasteiger partial charge in [-0.1, -0.05) is 6.07 Å². The third kappa shape index (κ3) is 2.45. The van der Waals surface area contributed by atoms with Crippen LogP contribution in [0.2, 0.25) is 0 Å². The molecule has 0 bridgehead atoms. The molecule has 7 nitrogen and oxygen atoms in total. The van der Waals surface area contributed by atoms with E-state index in [1.54, 1.807) is 0 Å². The fourth-order valence-electron chi connectivity index (χ4n) is 0.941. The summed E-state index contributed by atoms with van der Waals surface area (Å²) in [5.41, 5.74) is 6.21. The molecule has 0 aliphatic carbocycles. The molecule has 0 amide bonds. The summed E-state index contributed by atoms with van der Waals surface area (Å²) in [4.78, 5) is -1.75. The molecule has 0 fully saturated rings. The van der Waals surface area contributed by atoms with Crippen LogP contribution in [0.15, 0.2) is 28.0 Å². The van der Waals surface area contributed by atoms with Crippen LogP contribution in [0.3, 0.4) is 0 Å². The van der Waals surface area contributed by atoms with Gasteiger partial charge in [-0.15, -0.1) is 0 Å². The third-order valence-electron chi connectivity index (χ3n) is 1.54. The molecule has 9 heteroatoms. The SMILES string of the molecule is [NH]c1c(S(=O)(=O)O)cccc1S(=O)(=O)O. The Balaban J connectivity index is 3.65. The van der Waals surface area contributed by atoms with Crippen molar-refractivity contribution in [2.24, 2.45) is 0 Å². The van der Waals surface area contributed by atoms with Crippen molar-refractivity contribution < 1.29 is 25.9 Å². The van der Waals surface area contributed by atoms with Crippen LogP contribution in [0, 0.1) is 0 Å². The summed E-state index contributed by atoms with van der Waals surface area (Å²) >= 11 is 0. The van der Waals surface area contributed by atoms with Crippen LogP contribution >= 0.6 is 0 Å². The minimum atomic E-state index is -4.68. The van der Waals surface area contributed by atoms with Crippen molar-refractivity contribution in [1.29, 1.82) is 0 Å². The molecular formula is C6H6NO6S2. The van der Waals surface area contributed by atoms with Crippen molar-refractivity contribution in [2.75, 3.05) is 0 Å². The minimum Gasteiger partial charge on any atom is -0.298 e. The molecule has 0 saturated carbocycles. The van der Waals surface area contributed by atoms with Gasteiger partial charge in [0.05, 0.1) is 5.69 Å². The first-order valence-corrected chi connectivity index (χ1v) is 6.31. The predicted octanol–water partition coefficient (Wildman–Crippen LogP) is 0.0944. The van der Waals surface area contributed by atoms with Gasteiger partial charge in [-0.2, -0.15) is 16.8 Å². The maximum atomic E-state index is 10.7. The zero-order chi connectivity index (χ0) is 11.9. The molecule has 0 aliphatic heterocycles. The fraction of sp³-hybridized carbons (Fsp3) is 0. The van der Waals surface area contributed by atoms with Gasteiger partial charge in [0.15, 0.2) is 0 Å². The van der Waals surface area contributed by atoms with Crippen molar-refractivity contribution in [1.82, 2.24) is 5.73 Å². The normalized spacial score (nSPS) is 12.7. The first-order valence-electron chi connectivity index (χ1n) is 3.43. The molecule has 1 radical (unpaired) electrons. The van der Waals surface area contributed by atoms with E-state index in [1.165, 1.54) is 0 Å². The highest BCUT2D eigenvalue weighted by molar-refractivity contribution is 7.87. The Morgan fingerprint density at radius 3 is 1.53 bits per heavy atom. The van der Waals surface area contributed by atoms with Gasteiger partial charge in [-0.05, 0) is 12.1 Å². The molecule has 0 spiro atoms. The lowest BCUT2D eigenvalue weighted by atomic mass is 10.3. The summed E-state index contributed by atoms with van der Waals surface area (Å²) in [6.45, 7) is 0. The van der Waals surface area contributed by atoms with Crippen LogP contribution in [0.4, 0.5) is 5.69 Å². The molecule has 83 valence electrons. The van der Waals surface area contributed by atoms with E-state index in [0.717, 1.165) is 18.2 Å². The largest absolute Gasteiger partial charge is 0.298 e. The van der Waals surface area contributed by atoms with E-state index in [4.69, 9.17) is 14.8 Å². The first-order chi connectivity index (χ1) is 6.64. The quantitative estimate of drug-likeness (QED) is 0.717. The minimum absolute atomic E-state index is 0.854. The van der Waals surface area contributed by atoms with E-state index in [1.807, 2.05) is 0 Å². The Hall–Kier alpha value is -1.16. The highest BCUT2D eigenvalue weighted by Gasteiger charge is 2.22. The van der Waals surface area contributed by atoms with E-state index < -0.39 is 35.7 Å². The summed E-state index contributed by atoms with van der Waals surface area (Å²) in [7, 11) is -9.36. The molecule has 1 aromatic rings. The van der Waals surface area contributed by atoms with E-state index in [2.05, 4.69) is 0 Å². The Morgan fingerprint density at radius 1 is 0.933 bits per heavy atom. The van der Waals surface area contributed by atoms with Crippen LogP contribution in [0.5, 0.6) is 0 Å². The summed E-state index contributed by atoms with van der Waals surface area (Å²) in [6, 6.07) is 2.70.